The molecule has 2 aliphatic heterocycles. The Morgan fingerprint density at radius 2 is 1.95 bits per heavy atom. The number of benzene rings is 1. The van der Waals surface area contributed by atoms with Crippen molar-refractivity contribution in [3.63, 3.8) is 0 Å². The van der Waals surface area contributed by atoms with Gasteiger partial charge in [-0.05, 0) is 32.0 Å². The zero-order valence-corrected chi connectivity index (χ0v) is 12.3. The van der Waals surface area contributed by atoms with E-state index in [0.717, 1.165) is 23.6 Å². The van der Waals surface area contributed by atoms with E-state index in [1.807, 2.05) is 18.3 Å². The number of rotatable bonds is 3. The number of pyridine rings is 1. The molecule has 3 nitrogen and oxygen atoms in total. The van der Waals surface area contributed by atoms with Gasteiger partial charge < -0.3 is 4.74 Å². The highest BCUT2D eigenvalue weighted by molar-refractivity contribution is 5.59. The molecule has 0 N–H and O–H groups in total. The van der Waals surface area contributed by atoms with Gasteiger partial charge in [-0.1, -0.05) is 29.8 Å². The molecule has 2 unspecified atom stereocenters. The maximum absolute atomic E-state index is 6.12. The molecule has 108 valence electrons. The summed E-state index contributed by atoms with van der Waals surface area (Å²) in [5.41, 5.74) is 3.42. The molecule has 2 saturated heterocycles. The van der Waals surface area contributed by atoms with Crippen LogP contribution in [-0.4, -0.2) is 35.6 Å². The van der Waals surface area contributed by atoms with E-state index in [1.165, 1.54) is 25.1 Å². The Bertz CT molecular complexity index is 621. The van der Waals surface area contributed by atoms with Crippen molar-refractivity contribution in [1.82, 2.24) is 9.88 Å². The average Bonchev–Trinajstić information content (AvgIpc) is 3.12. The number of aryl methyl sites for hydroxylation is 1. The average molecular weight is 280 g/mol. The lowest BCUT2D eigenvalue weighted by Gasteiger charge is -2.23. The van der Waals surface area contributed by atoms with E-state index in [2.05, 4.69) is 41.1 Å². The van der Waals surface area contributed by atoms with Crippen LogP contribution in [0, 0.1) is 12.8 Å². The zero-order chi connectivity index (χ0) is 14.2. The summed E-state index contributed by atoms with van der Waals surface area (Å²) in [6, 6.07) is 12.6. The lowest BCUT2D eigenvalue weighted by Crippen LogP contribution is -2.32. The summed E-state index contributed by atoms with van der Waals surface area (Å²) < 4.78 is 6.12. The van der Waals surface area contributed by atoms with Crippen molar-refractivity contribution in [2.24, 2.45) is 5.92 Å². The second-order valence-corrected chi connectivity index (χ2v) is 6.21. The highest BCUT2D eigenvalue weighted by Gasteiger charge is 2.39. The standard InChI is InChI=1S/C18H20N2O/c1-13-2-4-14(5-3-13)17-7-6-16(10-19-17)21-18-12-20-9-8-15(18)11-20/h2-7,10,15,18H,8-9,11-12H2,1H3/t15?,18-/m0/s1. The van der Waals surface area contributed by atoms with Gasteiger partial charge in [0.05, 0.1) is 11.9 Å². The predicted octanol–water partition coefficient (Wildman–Crippen LogP) is 3.14. The van der Waals surface area contributed by atoms with E-state index in [1.54, 1.807) is 0 Å². The maximum atomic E-state index is 6.12. The third-order valence-electron chi connectivity index (χ3n) is 4.64. The van der Waals surface area contributed by atoms with Gasteiger partial charge in [-0.2, -0.15) is 0 Å². The lowest BCUT2D eigenvalue weighted by molar-refractivity contribution is 0.141. The van der Waals surface area contributed by atoms with Crippen molar-refractivity contribution in [3.05, 3.63) is 48.2 Å². The van der Waals surface area contributed by atoms with Gasteiger partial charge >= 0.3 is 0 Å². The number of fused-ring (bicyclic) bond motifs is 2. The zero-order valence-electron chi connectivity index (χ0n) is 12.3. The van der Waals surface area contributed by atoms with Crippen molar-refractivity contribution in [2.75, 3.05) is 19.6 Å². The molecule has 3 heterocycles. The minimum absolute atomic E-state index is 0.353. The summed E-state index contributed by atoms with van der Waals surface area (Å²) >= 11 is 0. The van der Waals surface area contributed by atoms with Crippen LogP contribution in [0.25, 0.3) is 11.3 Å². The minimum atomic E-state index is 0.353. The fourth-order valence-corrected chi connectivity index (χ4v) is 3.39. The molecule has 3 atom stereocenters. The fraction of sp³-hybridized carbons (Fsp3) is 0.389. The van der Waals surface area contributed by atoms with E-state index in [-0.39, 0.29) is 0 Å². The summed E-state index contributed by atoms with van der Waals surface area (Å²) in [4.78, 5) is 7.03. The first-order chi connectivity index (χ1) is 10.3. The highest BCUT2D eigenvalue weighted by Crippen LogP contribution is 2.31. The van der Waals surface area contributed by atoms with Gasteiger partial charge in [0.25, 0.3) is 0 Å². The molecule has 0 radical (unpaired) electrons. The van der Waals surface area contributed by atoms with Crippen molar-refractivity contribution < 1.29 is 4.74 Å². The number of hydrogen-bond acceptors (Lipinski definition) is 3. The molecular formula is C18H20N2O. The maximum Gasteiger partial charge on any atom is 0.138 e. The van der Waals surface area contributed by atoms with E-state index in [0.29, 0.717) is 12.0 Å². The summed E-state index contributed by atoms with van der Waals surface area (Å²) in [5.74, 6) is 1.60. The quantitative estimate of drug-likeness (QED) is 0.863. The lowest BCUT2D eigenvalue weighted by atomic mass is 10.0. The Labute approximate surface area is 125 Å². The molecule has 0 aliphatic carbocycles. The Balaban J connectivity index is 1.47. The van der Waals surface area contributed by atoms with Gasteiger partial charge in [-0.25, -0.2) is 0 Å². The van der Waals surface area contributed by atoms with Crippen LogP contribution in [0.5, 0.6) is 5.75 Å². The third kappa shape index (κ3) is 2.54. The molecule has 4 rings (SSSR count). The Hall–Kier alpha value is -1.87. The van der Waals surface area contributed by atoms with Gasteiger partial charge in [0, 0.05) is 24.6 Å². The number of aromatic nitrogens is 1. The Kier molecular flexibility index (Phi) is 3.15. The van der Waals surface area contributed by atoms with Crippen LogP contribution < -0.4 is 4.74 Å². The van der Waals surface area contributed by atoms with Crippen LogP contribution in [0.4, 0.5) is 0 Å². The van der Waals surface area contributed by atoms with Gasteiger partial charge in [0.15, 0.2) is 0 Å². The van der Waals surface area contributed by atoms with Crippen molar-refractivity contribution in [1.29, 1.82) is 0 Å². The number of ether oxygens (including phenoxy) is 1. The van der Waals surface area contributed by atoms with Crippen molar-refractivity contribution in [3.8, 4) is 17.0 Å². The van der Waals surface area contributed by atoms with E-state index >= 15 is 0 Å². The van der Waals surface area contributed by atoms with Crippen LogP contribution in [0.1, 0.15) is 12.0 Å². The summed E-state index contributed by atoms with van der Waals surface area (Å²) in [6.45, 7) is 5.62. The van der Waals surface area contributed by atoms with E-state index in [4.69, 9.17) is 4.74 Å². The smallest absolute Gasteiger partial charge is 0.138 e. The summed E-state index contributed by atoms with van der Waals surface area (Å²) in [6.07, 6.45) is 3.49. The number of nitrogens with zero attached hydrogens (tertiary/aromatic N) is 2. The molecule has 0 saturated carbocycles. The predicted molar refractivity (Wildman–Crippen MR) is 83.4 cm³/mol. The molecule has 2 bridgehead atoms. The largest absolute Gasteiger partial charge is 0.487 e. The van der Waals surface area contributed by atoms with Gasteiger partial charge in [0.2, 0.25) is 0 Å². The van der Waals surface area contributed by atoms with Crippen LogP contribution in [0.2, 0.25) is 0 Å². The van der Waals surface area contributed by atoms with Crippen LogP contribution in [-0.2, 0) is 0 Å². The molecular weight excluding hydrogens is 260 g/mol. The van der Waals surface area contributed by atoms with Gasteiger partial charge in [-0.3, -0.25) is 9.88 Å². The van der Waals surface area contributed by atoms with Crippen LogP contribution in [0.15, 0.2) is 42.6 Å². The van der Waals surface area contributed by atoms with E-state index < -0.39 is 0 Å². The number of hydrogen-bond donors (Lipinski definition) is 0. The molecule has 3 heteroatoms. The molecule has 2 aromatic rings. The van der Waals surface area contributed by atoms with Crippen molar-refractivity contribution >= 4 is 0 Å². The summed E-state index contributed by atoms with van der Waals surface area (Å²) in [7, 11) is 0. The summed E-state index contributed by atoms with van der Waals surface area (Å²) in [5, 5.41) is 0. The normalized spacial score (nSPS) is 27.0. The molecule has 0 spiro atoms. The monoisotopic (exact) mass is 280 g/mol. The first-order valence-electron chi connectivity index (χ1n) is 7.70. The highest BCUT2D eigenvalue weighted by atomic mass is 16.5. The first-order valence-corrected chi connectivity index (χ1v) is 7.70. The fourth-order valence-electron chi connectivity index (χ4n) is 3.39. The molecule has 0 amide bonds. The molecule has 2 fully saturated rings. The van der Waals surface area contributed by atoms with Crippen LogP contribution >= 0.6 is 0 Å². The minimum Gasteiger partial charge on any atom is -0.487 e. The van der Waals surface area contributed by atoms with Gasteiger partial charge in [-0.15, -0.1) is 0 Å². The molecule has 21 heavy (non-hydrogen) atoms. The molecule has 1 aromatic carbocycles. The molecule has 2 aliphatic rings. The second-order valence-electron chi connectivity index (χ2n) is 6.21. The topological polar surface area (TPSA) is 25.4 Å². The van der Waals surface area contributed by atoms with Crippen LogP contribution in [0.3, 0.4) is 0 Å². The van der Waals surface area contributed by atoms with E-state index in [9.17, 15) is 0 Å². The van der Waals surface area contributed by atoms with Gasteiger partial charge in [0.1, 0.15) is 11.9 Å². The number of piperidine rings is 1. The Morgan fingerprint density at radius 1 is 1.10 bits per heavy atom. The van der Waals surface area contributed by atoms with Crippen molar-refractivity contribution in [2.45, 2.75) is 19.4 Å². The Morgan fingerprint density at radius 3 is 2.57 bits per heavy atom. The second kappa shape index (κ2) is 5.15. The third-order valence-corrected chi connectivity index (χ3v) is 4.64. The first kappa shape index (κ1) is 12.8. The SMILES string of the molecule is Cc1ccc(-c2ccc(O[C@H]3CN4CCC3C4)cn2)cc1. The molecule has 1 aromatic heterocycles.